The van der Waals surface area contributed by atoms with E-state index in [0.29, 0.717) is 0 Å². The zero-order valence-electron chi connectivity index (χ0n) is 11.8. The van der Waals surface area contributed by atoms with E-state index >= 15 is 0 Å². The highest BCUT2D eigenvalue weighted by molar-refractivity contribution is 7.90. The second-order valence-corrected chi connectivity index (χ2v) is 6.84. The number of carbonyl (C=O) groups is 1. The van der Waals surface area contributed by atoms with Crippen LogP contribution in [0.25, 0.3) is 0 Å². The average molecular weight is 341 g/mol. The predicted octanol–water partition coefficient (Wildman–Crippen LogP) is 1.76. The Morgan fingerprint density at radius 2 is 1.86 bits per heavy atom. The average Bonchev–Trinajstić information content (AvgIpc) is 2.44. The number of rotatable bonds is 3. The molecule has 0 aliphatic carbocycles. The molecule has 2 aromatic rings. The minimum absolute atomic E-state index is 0.0144. The molecule has 8 heteroatoms. The first-order chi connectivity index (χ1) is 10.2. The zero-order valence-corrected chi connectivity index (χ0v) is 13.4. The van der Waals surface area contributed by atoms with Gasteiger partial charge in [-0.3, -0.25) is 9.59 Å². The van der Waals surface area contributed by atoms with Crippen LogP contribution in [-0.2, 0) is 10.0 Å². The fourth-order valence-electron chi connectivity index (χ4n) is 1.71. The van der Waals surface area contributed by atoms with Gasteiger partial charge in [0.05, 0.1) is 10.5 Å². The molecule has 0 fully saturated rings. The number of pyridine rings is 1. The molecule has 0 atom stereocenters. The summed E-state index contributed by atoms with van der Waals surface area (Å²) in [6.07, 6.45) is 1.10. The Morgan fingerprint density at radius 3 is 2.45 bits per heavy atom. The molecular weight excluding hydrogens is 328 g/mol. The van der Waals surface area contributed by atoms with Crippen molar-refractivity contribution in [1.29, 1.82) is 0 Å². The molecule has 1 aromatic carbocycles. The summed E-state index contributed by atoms with van der Waals surface area (Å²) in [5, 5.41) is -0.198. The van der Waals surface area contributed by atoms with Gasteiger partial charge in [-0.05, 0) is 43.2 Å². The van der Waals surface area contributed by atoms with E-state index in [9.17, 15) is 18.0 Å². The fraction of sp³-hybridized carbons (Fsp3) is 0.143. The molecule has 0 spiro atoms. The van der Waals surface area contributed by atoms with Crippen molar-refractivity contribution in [3.8, 4) is 0 Å². The number of nitrogens with one attached hydrogen (secondary N) is 2. The second-order valence-electron chi connectivity index (χ2n) is 4.75. The third kappa shape index (κ3) is 3.37. The molecule has 6 nitrogen and oxygen atoms in total. The van der Waals surface area contributed by atoms with Gasteiger partial charge in [0.15, 0.2) is 0 Å². The molecule has 1 amide bonds. The molecule has 2 rings (SSSR count). The van der Waals surface area contributed by atoms with Crippen LogP contribution in [0.2, 0.25) is 5.02 Å². The number of aromatic nitrogens is 1. The maximum absolute atomic E-state index is 12.2. The lowest BCUT2D eigenvalue weighted by molar-refractivity contribution is 0.0981. The zero-order chi connectivity index (χ0) is 16.5. The number of aryl methyl sites for hydroxylation is 2. The molecular formula is C14H13ClN2O4S. The number of halogens is 1. The summed E-state index contributed by atoms with van der Waals surface area (Å²) in [5.41, 5.74) is 1.12. The molecule has 0 bridgehead atoms. The summed E-state index contributed by atoms with van der Waals surface area (Å²) in [6.45, 7) is 3.63. The summed E-state index contributed by atoms with van der Waals surface area (Å²) in [7, 11) is -4.00. The highest BCUT2D eigenvalue weighted by Crippen LogP contribution is 2.15. The summed E-state index contributed by atoms with van der Waals surface area (Å²) >= 11 is 5.61. The van der Waals surface area contributed by atoms with Crippen LogP contribution in [0.3, 0.4) is 0 Å². The van der Waals surface area contributed by atoms with Crippen LogP contribution in [0.1, 0.15) is 21.5 Å². The van der Waals surface area contributed by atoms with E-state index in [4.69, 9.17) is 11.6 Å². The minimum atomic E-state index is -4.00. The maximum Gasteiger partial charge on any atom is 0.266 e. The molecule has 0 saturated carbocycles. The van der Waals surface area contributed by atoms with E-state index in [1.54, 1.807) is 13.0 Å². The summed E-state index contributed by atoms with van der Waals surface area (Å²) < 4.78 is 26.3. The molecule has 116 valence electrons. The number of amides is 1. The number of hydrogen-bond acceptors (Lipinski definition) is 4. The SMILES string of the molecule is Cc1ccc(S(=O)(=O)NC(=O)c2c[nH]c(=O)c(Cl)c2)cc1C. The maximum atomic E-state index is 12.2. The standard InChI is InChI=1S/C14H13ClN2O4S/c1-8-3-4-11(5-9(8)2)22(20,21)17-13(18)10-6-12(15)14(19)16-7-10/h3-7H,1-2H3,(H,16,19)(H,17,18). The highest BCUT2D eigenvalue weighted by Gasteiger charge is 2.19. The lowest BCUT2D eigenvalue weighted by Gasteiger charge is -2.09. The smallest absolute Gasteiger partial charge is 0.266 e. The first-order valence-electron chi connectivity index (χ1n) is 6.23. The Morgan fingerprint density at radius 1 is 1.18 bits per heavy atom. The topological polar surface area (TPSA) is 96.1 Å². The van der Waals surface area contributed by atoms with E-state index in [0.717, 1.165) is 23.4 Å². The molecule has 1 heterocycles. The van der Waals surface area contributed by atoms with Gasteiger partial charge in [0.1, 0.15) is 5.02 Å². The Hall–Kier alpha value is -2.12. The second kappa shape index (κ2) is 5.94. The number of aromatic amines is 1. The van der Waals surface area contributed by atoms with Crippen molar-refractivity contribution in [1.82, 2.24) is 9.71 Å². The van der Waals surface area contributed by atoms with Gasteiger partial charge in [0.25, 0.3) is 21.5 Å². The van der Waals surface area contributed by atoms with E-state index in [1.807, 2.05) is 11.6 Å². The van der Waals surface area contributed by atoms with Crippen molar-refractivity contribution in [2.45, 2.75) is 18.7 Å². The van der Waals surface area contributed by atoms with Crippen molar-refractivity contribution >= 4 is 27.5 Å². The third-order valence-corrected chi connectivity index (χ3v) is 4.75. The molecule has 0 aliphatic heterocycles. The molecule has 0 radical (unpaired) electrons. The van der Waals surface area contributed by atoms with Gasteiger partial charge in [-0.25, -0.2) is 13.1 Å². The molecule has 1 aromatic heterocycles. The van der Waals surface area contributed by atoms with Crippen molar-refractivity contribution < 1.29 is 13.2 Å². The van der Waals surface area contributed by atoms with Crippen LogP contribution in [-0.4, -0.2) is 19.3 Å². The quantitative estimate of drug-likeness (QED) is 0.889. The van der Waals surface area contributed by atoms with Gasteiger partial charge >= 0.3 is 0 Å². The number of sulfonamides is 1. The Balaban J connectivity index is 2.31. The van der Waals surface area contributed by atoms with Crippen molar-refractivity contribution in [3.63, 3.8) is 0 Å². The summed E-state index contributed by atoms with van der Waals surface area (Å²) in [6, 6.07) is 5.65. The van der Waals surface area contributed by atoms with Crippen molar-refractivity contribution in [2.24, 2.45) is 0 Å². The largest absolute Gasteiger partial charge is 0.327 e. The van der Waals surface area contributed by atoms with Crippen molar-refractivity contribution in [3.05, 3.63) is 62.5 Å². The van der Waals surface area contributed by atoms with E-state index in [1.165, 1.54) is 12.1 Å². The monoisotopic (exact) mass is 340 g/mol. The fourth-order valence-corrected chi connectivity index (χ4v) is 2.94. The number of hydrogen-bond donors (Lipinski definition) is 2. The first kappa shape index (κ1) is 16.3. The number of carbonyl (C=O) groups excluding carboxylic acids is 1. The van der Waals surface area contributed by atoms with Gasteiger partial charge in [-0.2, -0.15) is 0 Å². The summed E-state index contributed by atoms with van der Waals surface area (Å²) in [5.74, 6) is -0.878. The van der Waals surface area contributed by atoms with Gasteiger partial charge in [0.2, 0.25) is 0 Å². The normalized spacial score (nSPS) is 11.2. The summed E-state index contributed by atoms with van der Waals surface area (Å²) in [4.78, 5) is 25.3. The van der Waals surface area contributed by atoms with E-state index < -0.39 is 21.5 Å². The molecule has 2 N–H and O–H groups in total. The minimum Gasteiger partial charge on any atom is -0.327 e. The molecule has 22 heavy (non-hydrogen) atoms. The predicted molar refractivity (Wildman–Crippen MR) is 82.6 cm³/mol. The number of H-pyrrole nitrogens is 1. The Labute approximate surface area is 132 Å². The Bertz CT molecular complexity index is 903. The van der Waals surface area contributed by atoms with Crippen LogP contribution in [0, 0.1) is 13.8 Å². The van der Waals surface area contributed by atoms with Gasteiger partial charge in [0, 0.05) is 6.20 Å². The lowest BCUT2D eigenvalue weighted by Crippen LogP contribution is -2.31. The van der Waals surface area contributed by atoms with Crippen LogP contribution in [0.15, 0.2) is 40.2 Å². The Kier molecular flexibility index (Phi) is 4.39. The van der Waals surface area contributed by atoms with Crippen molar-refractivity contribution in [2.75, 3.05) is 0 Å². The van der Waals surface area contributed by atoms with Gasteiger partial charge < -0.3 is 4.98 Å². The lowest BCUT2D eigenvalue weighted by atomic mass is 10.1. The van der Waals surface area contributed by atoms with Gasteiger partial charge in [-0.15, -0.1) is 0 Å². The molecule has 0 saturated heterocycles. The van der Waals surface area contributed by atoms with Crippen LogP contribution >= 0.6 is 11.6 Å². The first-order valence-corrected chi connectivity index (χ1v) is 8.09. The highest BCUT2D eigenvalue weighted by atomic mass is 35.5. The molecule has 0 unspecified atom stereocenters. The number of benzene rings is 1. The van der Waals surface area contributed by atoms with Crippen LogP contribution in [0.4, 0.5) is 0 Å². The third-order valence-electron chi connectivity index (χ3n) is 3.14. The molecule has 0 aliphatic rings. The van der Waals surface area contributed by atoms with E-state index in [-0.39, 0.29) is 15.5 Å². The van der Waals surface area contributed by atoms with Crippen LogP contribution in [0.5, 0.6) is 0 Å². The van der Waals surface area contributed by atoms with Crippen LogP contribution < -0.4 is 10.3 Å². The van der Waals surface area contributed by atoms with Gasteiger partial charge in [-0.1, -0.05) is 17.7 Å². The van der Waals surface area contributed by atoms with E-state index in [2.05, 4.69) is 4.98 Å².